The van der Waals surface area contributed by atoms with E-state index in [0.717, 1.165) is 38.5 Å². The van der Waals surface area contributed by atoms with Crippen molar-refractivity contribution in [2.75, 3.05) is 19.8 Å². The Morgan fingerprint density at radius 3 is 1.19 bits per heavy atom. The van der Waals surface area contributed by atoms with Crippen LogP contribution in [0.25, 0.3) is 0 Å². The van der Waals surface area contributed by atoms with Gasteiger partial charge in [-0.2, -0.15) is 0 Å². The van der Waals surface area contributed by atoms with E-state index in [2.05, 4.69) is 19.2 Å². The second-order valence-corrected chi connectivity index (χ2v) is 23.3. The van der Waals surface area contributed by atoms with Gasteiger partial charge in [0, 0.05) is 6.42 Å². The Morgan fingerprint density at radius 1 is 0.455 bits per heavy atom. The third-order valence-corrected chi connectivity index (χ3v) is 16.2. The number of aliphatic hydroxyl groups is 8. The second-order valence-electron chi connectivity index (χ2n) is 23.3. The normalized spacial score (nSPS) is 24.7. The Kier molecular flexibility index (Phi) is 46.0. The number of rotatable bonds is 53. The third kappa shape index (κ3) is 34.7. The van der Waals surface area contributed by atoms with Gasteiger partial charge in [-0.05, 0) is 19.3 Å². The van der Waals surface area contributed by atoms with E-state index in [9.17, 15) is 45.6 Å². The van der Waals surface area contributed by atoms with Crippen molar-refractivity contribution in [2.24, 2.45) is 0 Å². The predicted octanol–water partition coefficient (Wildman–Crippen LogP) is 11.8. The summed E-state index contributed by atoms with van der Waals surface area (Å²) in [5.74, 6) is -0.232. The number of unbranched alkanes of at least 4 members (excludes halogenated alkanes) is 40. The molecule has 2 fully saturated rings. The quantitative estimate of drug-likeness (QED) is 0.0204. The maximum Gasteiger partial charge on any atom is 0.220 e. The van der Waals surface area contributed by atoms with Crippen molar-refractivity contribution >= 4 is 5.91 Å². The summed E-state index contributed by atoms with van der Waals surface area (Å²) in [6.45, 7) is 2.84. The molecule has 0 bridgehead atoms. The van der Waals surface area contributed by atoms with Gasteiger partial charge in [0.1, 0.15) is 48.8 Å². The molecule has 0 aromatic rings. The molecular formula is C63H121NO13. The molecule has 14 heteroatoms. The van der Waals surface area contributed by atoms with Gasteiger partial charge >= 0.3 is 0 Å². The van der Waals surface area contributed by atoms with Crippen molar-refractivity contribution in [3.63, 3.8) is 0 Å². The van der Waals surface area contributed by atoms with Crippen LogP contribution in [0.4, 0.5) is 0 Å². The molecule has 456 valence electrons. The predicted molar refractivity (Wildman–Crippen MR) is 309 cm³/mol. The lowest BCUT2D eigenvalue weighted by atomic mass is 9.97. The zero-order valence-corrected chi connectivity index (χ0v) is 49.2. The monoisotopic (exact) mass is 1100 g/mol. The molecule has 2 aliphatic heterocycles. The fourth-order valence-corrected chi connectivity index (χ4v) is 11.0. The summed E-state index contributed by atoms with van der Waals surface area (Å²) < 4.78 is 22.8. The van der Waals surface area contributed by atoms with E-state index in [0.29, 0.717) is 6.42 Å². The van der Waals surface area contributed by atoms with Gasteiger partial charge in [-0.3, -0.25) is 4.79 Å². The van der Waals surface area contributed by atoms with Gasteiger partial charge in [0.25, 0.3) is 0 Å². The number of amides is 1. The van der Waals surface area contributed by atoms with Crippen LogP contribution in [-0.4, -0.2) is 140 Å². The summed E-state index contributed by atoms with van der Waals surface area (Å²) in [5.41, 5.74) is 0. The van der Waals surface area contributed by atoms with Gasteiger partial charge in [0.2, 0.25) is 5.91 Å². The average Bonchev–Trinajstić information content (AvgIpc) is 3.44. The zero-order valence-electron chi connectivity index (χ0n) is 49.2. The fraction of sp³-hybridized carbons (Fsp3) is 0.952. The molecule has 0 saturated carbocycles. The van der Waals surface area contributed by atoms with Crippen LogP contribution in [0.5, 0.6) is 0 Å². The van der Waals surface area contributed by atoms with Crippen LogP contribution in [0.1, 0.15) is 290 Å². The molecule has 2 heterocycles. The van der Waals surface area contributed by atoms with Gasteiger partial charge in [-0.25, -0.2) is 0 Å². The fourth-order valence-electron chi connectivity index (χ4n) is 11.0. The van der Waals surface area contributed by atoms with E-state index >= 15 is 0 Å². The number of hydrogen-bond donors (Lipinski definition) is 9. The molecule has 2 rings (SSSR count). The molecule has 12 atom stereocenters. The second kappa shape index (κ2) is 49.3. The van der Waals surface area contributed by atoms with Crippen molar-refractivity contribution in [1.82, 2.24) is 5.32 Å². The summed E-state index contributed by atoms with van der Waals surface area (Å²) in [6.07, 6.45) is 41.2. The zero-order chi connectivity index (χ0) is 56.0. The highest BCUT2D eigenvalue weighted by molar-refractivity contribution is 5.76. The topological polar surface area (TPSA) is 228 Å². The highest BCUT2D eigenvalue weighted by Gasteiger charge is 2.51. The lowest BCUT2D eigenvalue weighted by Gasteiger charge is -2.46. The molecule has 77 heavy (non-hydrogen) atoms. The van der Waals surface area contributed by atoms with Crippen LogP contribution < -0.4 is 5.32 Å². The van der Waals surface area contributed by atoms with Crippen LogP contribution in [0.15, 0.2) is 12.2 Å². The molecule has 0 spiro atoms. The third-order valence-electron chi connectivity index (χ3n) is 16.2. The van der Waals surface area contributed by atoms with Crippen molar-refractivity contribution in [1.29, 1.82) is 0 Å². The summed E-state index contributed by atoms with van der Waals surface area (Å²) in [4.78, 5) is 13.3. The Bertz CT molecular complexity index is 1340. The largest absolute Gasteiger partial charge is 0.394 e. The Balaban J connectivity index is 1.69. The van der Waals surface area contributed by atoms with Crippen LogP contribution in [0.3, 0.4) is 0 Å². The Hall–Kier alpha value is -1.27. The molecular weight excluding hydrogens is 979 g/mol. The number of aliphatic hydroxyl groups excluding tert-OH is 8. The van der Waals surface area contributed by atoms with Gasteiger partial charge in [0.05, 0.1) is 32.0 Å². The molecule has 0 aliphatic carbocycles. The van der Waals surface area contributed by atoms with Crippen LogP contribution in [0, 0.1) is 0 Å². The number of carbonyl (C=O) groups excluding carboxylic acids is 1. The number of hydrogen-bond acceptors (Lipinski definition) is 13. The number of ether oxygens (including phenoxy) is 4. The molecule has 2 saturated heterocycles. The molecule has 2 aliphatic rings. The average molecular weight is 1100 g/mol. The van der Waals surface area contributed by atoms with E-state index in [1.165, 1.54) is 225 Å². The first-order valence-electron chi connectivity index (χ1n) is 32.4. The van der Waals surface area contributed by atoms with E-state index in [-0.39, 0.29) is 18.9 Å². The number of allylic oxidation sites excluding steroid dienone is 1. The summed E-state index contributed by atoms with van der Waals surface area (Å²) in [7, 11) is 0. The maximum absolute atomic E-state index is 13.3. The minimum Gasteiger partial charge on any atom is -0.394 e. The molecule has 1 amide bonds. The molecule has 14 nitrogen and oxygen atoms in total. The molecule has 0 aromatic heterocycles. The maximum atomic E-state index is 13.3. The Labute approximate surface area is 469 Å². The van der Waals surface area contributed by atoms with Gasteiger partial charge in [0.15, 0.2) is 12.6 Å². The first kappa shape index (κ1) is 71.8. The SMILES string of the molecule is CCCCCCCCCCCCCCCC/C=C/[C@@H](O)[C@H](CO[C@@H]1O[C@H](CO)[C@@H](O[C@@H]2O[C@H](CO)[C@H](O)C(O)C2O)C(O)C1O)NC(=O)CCCCCCCCCCCCCCCCCCCCCCCCCCCCC. The minimum atomic E-state index is -1.79. The molecule has 0 radical (unpaired) electrons. The lowest BCUT2D eigenvalue weighted by Crippen LogP contribution is -2.65. The summed E-state index contributed by atoms with van der Waals surface area (Å²) >= 11 is 0. The van der Waals surface area contributed by atoms with Crippen molar-refractivity contribution in [3.05, 3.63) is 12.2 Å². The first-order chi connectivity index (χ1) is 37.6. The minimum absolute atomic E-state index is 0.232. The number of carbonyl (C=O) groups is 1. The van der Waals surface area contributed by atoms with Gasteiger partial charge in [-0.1, -0.05) is 276 Å². The highest BCUT2D eigenvalue weighted by Crippen LogP contribution is 2.30. The van der Waals surface area contributed by atoms with E-state index < -0.39 is 86.8 Å². The van der Waals surface area contributed by atoms with E-state index in [1.54, 1.807) is 6.08 Å². The lowest BCUT2D eigenvalue weighted by molar-refractivity contribution is -0.359. The highest BCUT2D eigenvalue weighted by atomic mass is 16.7. The molecule has 0 aromatic carbocycles. The summed E-state index contributed by atoms with van der Waals surface area (Å²) in [6, 6.07) is -0.910. The summed E-state index contributed by atoms with van der Waals surface area (Å²) in [5, 5.41) is 87.2. The smallest absolute Gasteiger partial charge is 0.220 e. The standard InChI is InChI=1S/C63H121NO13/c1-3-5-7-9-11-13-15-17-19-21-22-23-24-25-26-27-28-29-30-31-33-35-37-39-41-43-45-47-55(68)64-51(52(67)46-44-42-40-38-36-34-32-20-18-16-14-12-10-8-6-4-2)50-74-62-60(73)58(71)61(54(49-66)76-62)77-63-59(72)57(70)56(69)53(48-65)75-63/h44,46,51-54,56-63,65-67,69-73H,3-43,45,47-50H2,1-2H3,(H,64,68)/b46-44+/t51-,52+,53+,54+,56-,57?,58?,59?,60?,61+,62+,63-/m0/s1. The first-order valence-corrected chi connectivity index (χ1v) is 32.4. The molecule has 9 N–H and O–H groups in total. The van der Waals surface area contributed by atoms with E-state index in [1.807, 2.05) is 6.08 Å². The van der Waals surface area contributed by atoms with Gasteiger partial charge < -0.3 is 65.1 Å². The van der Waals surface area contributed by atoms with Crippen molar-refractivity contribution < 1.29 is 64.6 Å². The van der Waals surface area contributed by atoms with Gasteiger partial charge in [-0.15, -0.1) is 0 Å². The van der Waals surface area contributed by atoms with Crippen LogP contribution >= 0.6 is 0 Å². The van der Waals surface area contributed by atoms with Crippen LogP contribution in [-0.2, 0) is 23.7 Å². The van der Waals surface area contributed by atoms with E-state index in [4.69, 9.17) is 18.9 Å². The Morgan fingerprint density at radius 2 is 0.805 bits per heavy atom. The van der Waals surface area contributed by atoms with Crippen molar-refractivity contribution in [2.45, 2.75) is 364 Å². The van der Waals surface area contributed by atoms with Crippen LogP contribution in [0.2, 0.25) is 0 Å². The number of nitrogens with one attached hydrogen (secondary N) is 1. The van der Waals surface area contributed by atoms with Crippen molar-refractivity contribution in [3.8, 4) is 0 Å². The molecule has 4 unspecified atom stereocenters.